The second-order valence-electron chi connectivity index (χ2n) is 10.9. The lowest BCUT2D eigenvalue weighted by Gasteiger charge is -2.23. The summed E-state index contributed by atoms with van der Waals surface area (Å²) in [6.07, 6.45) is 2.90. The van der Waals surface area contributed by atoms with E-state index in [2.05, 4.69) is 117 Å². The van der Waals surface area contributed by atoms with Crippen molar-refractivity contribution in [1.29, 1.82) is 0 Å². The van der Waals surface area contributed by atoms with Crippen LogP contribution in [-0.4, -0.2) is 39.5 Å². The fourth-order valence-corrected chi connectivity index (χ4v) is 5.69. The van der Waals surface area contributed by atoms with Crippen LogP contribution in [0.25, 0.3) is 32.7 Å². The Bertz CT molecular complexity index is 1590. The highest BCUT2D eigenvalue weighted by atomic mass is 15.1. The summed E-state index contributed by atoms with van der Waals surface area (Å²) < 4.78 is 0. The van der Waals surface area contributed by atoms with Crippen molar-refractivity contribution < 1.29 is 0 Å². The maximum atomic E-state index is 4.89. The van der Waals surface area contributed by atoms with Gasteiger partial charge < -0.3 is 4.90 Å². The molecule has 0 radical (unpaired) electrons. The van der Waals surface area contributed by atoms with Crippen molar-refractivity contribution in [1.82, 2.24) is 19.9 Å². The monoisotopic (exact) mass is 524 g/mol. The molecule has 40 heavy (non-hydrogen) atoms. The highest BCUT2D eigenvalue weighted by Crippen LogP contribution is 2.22. The number of para-hydroxylation sites is 3. The molecule has 0 fully saturated rings. The van der Waals surface area contributed by atoms with Crippen LogP contribution in [0.4, 0.5) is 0 Å². The van der Waals surface area contributed by atoms with Crippen LogP contribution < -0.4 is 0 Å². The number of benzene rings is 3. The lowest BCUT2D eigenvalue weighted by molar-refractivity contribution is 0.284. The Kier molecular flexibility index (Phi) is 7.52. The van der Waals surface area contributed by atoms with E-state index in [4.69, 9.17) is 15.0 Å². The molecule has 0 amide bonds. The molecule has 0 bridgehead atoms. The van der Waals surface area contributed by atoms with Crippen LogP contribution in [0.2, 0.25) is 0 Å². The number of aryl methyl sites for hydroxylation is 3. The lowest BCUT2D eigenvalue weighted by atomic mass is 10.0. The number of fused-ring (bicyclic) bond motifs is 3. The zero-order chi connectivity index (χ0) is 27.5. The third-order valence-electron chi connectivity index (χ3n) is 7.92. The molecule has 3 aromatic carbocycles. The standard InChI is InChI=1S/C36H36N4/c1-25-13-16-28-7-4-10-31(34(28)37-25)19-22-40(23-20-32-11-5-8-29-17-14-26(2)38-35(29)32)24-21-33-12-6-9-30-18-15-27(3)39-36(30)33/h4-18H,19-24H2,1-3H3. The zero-order valence-corrected chi connectivity index (χ0v) is 23.7. The van der Waals surface area contributed by atoms with Gasteiger partial charge in [-0.25, -0.2) is 0 Å². The topological polar surface area (TPSA) is 41.9 Å². The van der Waals surface area contributed by atoms with Crippen LogP contribution in [0.5, 0.6) is 0 Å². The SMILES string of the molecule is Cc1ccc2cccc(CCN(CCc3cccc4ccc(C)nc34)CCc3cccc4ccc(C)nc34)c2n1. The van der Waals surface area contributed by atoms with E-state index < -0.39 is 0 Å². The van der Waals surface area contributed by atoms with Crippen molar-refractivity contribution in [3.63, 3.8) is 0 Å². The van der Waals surface area contributed by atoms with E-state index in [1.165, 1.54) is 32.8 Å². The van der Waals surface area contributed by atoms with Gasteiger partial charge in [-0.2, -0.15) is 0 Å². The van der Waals surface area contributed by atoms with Crippen molar-refractivity contribution in [3.05, 3.63) is 125 Å². The second kappa shape index (κ2) is 11.5. The molecule has 0 spiro atoms. The molecule has 0 saturated carbocycles. The quantitative estimate of drug-likeness (QED) is 0.195. The first kappa shape index (κ1) is 26.1. The Hall–Kier alpha value is -4.15. The van der Waals surface area contributed by atoms with Crippen LogP contribution in [-0.2, 0) is 19.3 Å². The molecular formula is C36H36N4. The summed E-state index contributed by atoms with van der Waals surface area (Å²) in [6, 6.07) is 32.5. The summed E-state index contributed by atoms with van der Waals surface area (Å²) in [5.74, 6) is 0. The van der Waals surface area contributed by atoms with Crippen molar-refractivity contribution in [2.24, 2.45) is 0 Å². The number of nitrogens with zero attached hydrogens (tertiary/aromatic N) is 4. The Morgan fingerprint density at radius 1 is 0.425 bits per heavy atom. The molecule has 0 saturated heterocycles. The van der Waals surface area contributed by atoms with E-state index in [0.29, 0.717) is 0 Å². The van der Waals surface area contributed by atoms with E-state index in [9.17, 15) is 0 Å². The molecular weight excluding hydrogens is 488 g/mol. The molecule has 0 aliphatic carbocycles. The van der Waals surface area contributed by atoms with E-state index >= 15 is 0 Å². The van der Waals surface area contributed by atoms with Crippen LogP contribution in [0.1, 0.15) is 33.8 Å². The molecule has 0 aliphatic rings. The Morgan fingerprint density at radius 3 is 1.07 bits per heavy atom. The zero-order valence-electron chi connectivity index (χ0n) is 23.7. The third-order valence-corrected chi connectivity index (χ3v) is 7.92. The van der Waals surface area contributed by atoms with Gasteiger partial charge in [0.15, 0.2) is 0 Å². The molecule has 6 aromatic rings. The minimum Gasteiger partial charge on any atom is -0.302 e. The first-order chi connectivity index (χ1) is 19.5. The summed E-state index contributed by atoms with van der Waals surface area (Å²) in [5.41, 5.74) is 10.5. The maximum Gasteiger partial charge on any atom is 0.0737 e. The Balaban J connectivity index is 1.26. The van der Waals surface area contributed by atoms with Crippen molar-refractivity contribution in [2.75, 3.05) is 19.6 Å². The van der Waals surface area contributed by atoms with Gasteiger partial charge in [-0.1, -0.05) is 72.8 Å². The molecule has 0 unspecified atom stereocenters. The number of aromatic nitrogens is 3. The number of rotatable bonds is 9. The Morgan fingerprint density at radius 2 is 0.750 bits per heavy atom. The minimum absolute atomic E-state index is 0.966. The largest absolute Gasteiger partial charge is 0.302 e. The van der Waals surface area contributed by atoms with Gasteiger partial charge in [0.2, 0.25) is 0 Å². The number of hydrogen-bond acceptors (Lipinski definition) is 4. The predicted molar refractivity (Wildman–Crippen MR) is 167 cm³/mol. The van der Waals surface area contributed by atoms with Crippen LogP contribution >= 0.6 is 0 Å². The summed E-state index contributed by atoms with van der Waals surface area (Å²) in [4.78, 5) is 17.3. The van der Waals surface area contributed by atoms with Gasteiger partial charge >= 0.3 is 0 Å². The molecule has 0 N–H and O–H groups in total. The van der Waals surface area contributed by atoms with Gasteiger partial charge in [0.1, 0.15) is 0 Å². The van der Waals surface area contributed by atoms with Crippen LogP contribution in [0.3, 0.4) is 0 Å². The van der Waals surface area contributed by atoms with Crippen molar-refractivity contribution in [2.45, 2.75) is 40.0 Å². The van der Waals surface area contributed by atoms with E-state index in [0.717, 1.165) is 72.5 Å². The molecule has 3 aromatic heterocycles. The van der Waals surface area contributed by atoms with Crippen LogP contribution in [0, 0.1) is 20.8 Å². The van der Waals surface area contributed by atoms with Gasteiger partial charge in [-0.05, 0) is 74.9 Å². The van der Waals surface area contributed by atoms with Gasteiger partial charge in [0, 0.05) is 52.9 Å². The normalized spacial score (nSPS) is 11.7. The van der Waals surface area contributed by atoms with E-state index in [-0.39, 0.29) is 0 Å². The number of pyridine rings is 3. The number of hydrogen-bond donors (Lipinski definition) is 0. The van der Waals surface area contributed by atoms with Gasteiger partial charge in [0.25, 0.3) is 0 Å². The highest BCUT2D eigenvalue weighted by Gasteiger charge is 2.12. The van der Waals surface area contributed by atoms with Crippen LogP contribution in [0.15, 0.2) is 91.0 Å². The summed E-state index contributed by atoms with van der Waals surface area (Å²) in [7, 11) is 0. The fourth-order valence-electron chi connectivity index (χ4n) is 5.69. The first-order valence-corrected chi connectivity index (χ1v) is 14.3. The summed E-state index contributed by atoms with van der Waals surface area (Å²) in [6.45, 7) is 9.14. The molecule has 0 atom stereocenters. The first-order valence-electron chi connectivity index (χ1n) is 14.3. The van der Waals surface area contributed by atoms with Crippen molar-refractivity contribution in [3.8, 4) is 0 Å². The third kappa shape index (κ3) is 5.73. The molecule has 6 rings (SSSR count). The van der Waals surface area contributed by atoms with Gasteiger partial charge in [-0.3, -0.25) is 15.0 Å². The molecule has 4 heteroatoms. The minimum atomic E-state index is 0.966. The van der Waals surface area contributed by atoms with Crippen molar-refractivity contribution >= 4 is 32.7 Å². The smallest absolute Gasteiger partial charge is 0.0737 e. The predicted octanol–water partition coefficient (Wildman–Crippen LogP) is 7.59. The average molecular weight is 525 g/mol. The Labute approximate surface area is 236 Å². The summed E-state index contributed by atoms with van der Waals surface area (Å²) in [5, 5.41) is 3.64. The highest BCUT2D eigenvalue weighted by molar-refractivity contribution is 5.83. The molecule has 200 valence electrons. The second-order valence-corrected chi connectivity index (χ2v) is 10.9. The fraction of sp³-hybridized carbons (Fsp3) is 0.250. The molecule has 4 nitrogen and oxygen atoms in total. The summed E-state index contributed by atoms with van der Waals surface area (Å²) >= 11 is 0. The van der Waals surface area contributed by atoms with E-state index in [1.54, 1.807) is 0 Å². The maximum absolute atomic E-state index is 4.89. The van der Waals surface area contributed by atoms with Gasteiger partial charge in [0.05, 0.1) is 16.6 Å². The van der Waals surface area contributed by atoms with E-state index in [1.807, 2.05) is 0 Å². The average Bonchev–Trinajstić information content (AvgIpc) is 2.96. The lowest BCUT2D eigenvalue weighted by Crippen LogP contribution is -2.31. The molecule has 3 heterocycles. The molecule has 0 aliphatic heterocycles. The van der Waals surface area contributed by atoms with Gasteiger partial charge in [-0.15, -0.1) is 0 Å².